The van der Waals surface area contributed by atoms with E-state index >= 15 is 0 Å². The number of ether oxygens (including phenoxy) is 2. The molecule has 2 rings (SSSR count). The van der Waals surface area contributed by atoms with E-state index in [9.17, 15) is 4.79 Å². The standard InChI is InChI=1S/C11H12O3/c1-8(12)7-9-3-2-4-10-11(9)14-6-5-13-10/h2-4H,5-7H2,1H3. The van der Waals surface area contributed by atoms with E-state index in [2.05, 4.69) is 0 Å². The number of fused-ring (bicyclic) bond motifs is 1. The minimum atomic E-state index is 0.132. The van der Waals surface area contributed by atoms with Crippen molar-refractivity contribution in [2.75, 3.05) is 13.2 Å². The number of rotatable bonds is 2. The van der Waals surface area contributed by atoms with Gasteiger partial charge < -0.3 is 9.47 Å². The van der Waals surface area contributed by atoms with Crippen LogP contribution >= 0.6 is 0 Å². The van der Waals surface area contributed by atoms with Crippen molar-refractivity contribution in [1.29, 1.82) is 0 Å². The molecule has 1 aromatic carbocycles. The third-order valence-corrected chi connectivity index (χ3v) is 2.09. The van der Waals surface area contributed by atoms with Crippen molar-refractivity contribution >= 4 is 5.78 Å². The van der Waals surface area contributed by atoms with Gasteiger partial charge in [0.05, 0.1) is 0 Å². The highest BCUT2D eigenvalue weighted by molar-refractivity contribution is 5.79. The molecule has 0 bridgehead atoms. The molecule has 0 atom stereocenters. The second kappa shape index (κ2) is 3.70. The molecule has 1 aromatic rings. The van der Waals surface area contributed by atoms with Crippen molar-refractivity contribution in [3.63, 3.8) is 0 Å². The lowest BCUT2D eigenvalue weighted by molar-refractivity contribution is -0.116. The predicted octanol–water partition coefficient (Wildman–Crippen LogP) is 1.59. The normalized spacial score (nSPS) is 13.8. The summed E-state index contributed by atoms with van der Waals surface area (Å²) in [6, 6.07) is 5.64. The Kier molecular flexibility index (Phi) is 2.39. The Hall–Kier alpha value is -1.51. The van der Waals surface area contributed by atoms with Gasteiger partial charge in [0.2, 0.25) is 0 Å². The molecular formula is C11H12O3. The van der Waals surface area contributed by atoms with Crippen LogP contribution in [0.25, 0.3) is 0 Å². The average Bonchev–Trinajstić information content (AvgIpc) is 2.18. The van der Waals surface area contributed by atoms with E-state index in [0.717, 1.165) is 17.1 Å². The summed E-state index contributed by atoms with van der Waals surface area (Å²) in [6.07, 6.45) is 0.409. The van der Waals surface area contributed by atoms with Gasteiger partial charge in [-0.05, 0) is 13.0 Å². The zero-order chi connectivity index (χ0) is 9.97. The highest BCUT2D eigenvalue weighted by atomic mass is 16.6. The number of para-hydroxylation sites is 1. The summed E-state index contributed by atoms with van der Waals surface area (Å²) in [6.45, 7) is 2.71. The Morgan fingerprint density at radius 1 is 1.36 bits per heavy atom. The van der Waals surface area contributed by atoms with Gasteiger partial charge in [0, 0.05) is 12.0 Å². The van der Waals surface area contributed by atoms with E-state index in [1.165, 1.54) is 0 Å². The van der Waals surface area contributed by atoms with E-state index in [4.69, 9.17) is 9.47 Å². The molecule has 1 heterocycles. The summed E-state index contributed by atoms with van der Waals surface area (Å²) in [5, 5.41) is 0. The Balaban J connectivity index is 2.35. The number of Topliss-reactive ketones (excluding diaryl/α,β-unsaturated/α-hetero) is 1. The molecule has 3 nitrogen and oxygen atoms in total. The lowest BCUT2D eigenvalue weighted by Crippen LogP contribution is -2.17. The van der Waals surface area contributed by atoms with Gasteiger partial charge in [-0.25, -0.2) is 0 Å². The first kappa shape index (κ1) is 9.06. The fourth-order valence-electron chi connectivity index (χ4n) is 1.54. The van der Waals surface area contributed by atoms with Crippen LogP contribution in [0, 0.1) is 0 Å². The van der Waals surface area contributed by atoms with E-state index in [1.807, 2.05) is 18.2 Å². The SMILES string of the molecule is CC(=O)Cc1cccc2c1OCCO2. The molecule has 0 saturated heterocycles. The molecular weight excluding hydrogens is 180 g/mol. The quantitative estimate of drug-likeness (QED) is 0.713. The first-order valence-electron chi connectivity index (χ1n) is 4.64. The molecule has 0 aliphatic carbocycles. The summed E-state index contributed by atoms with van der Waals surface area (Å²) in [5.74, 6) is 1.61. The number of carbonyl (C=O) groups excluding carboxylic acids is 1. The Morgan fingerprint density at radius 2 is 2.14 bits per heavy atom. The van der Waals surface area contributed by atoms with E-state index in [0.29, 0.717) is 19.6 Å². The summed E-state index contributed by atoms with van der Waals surface area (Å²) < 4.78 is 10.9. The zero-order valence-corrected chi connectivity index (χ0v) is 8.08. The van der Waals surface area contributed by atoms with Crippen LogP contribution < -0.4 is 9.47 Å². The van der Waals surface area contributed by atoms with Crippen molar-refractivity contribution in [2.24, 2.45) is 0 Å². The molecule has 0 fully saturated rings. The summed E-state index contributed by atoms with van der Waals surface area (Å²) in [5.41, 5.74) is 0.912. The largest absolute Gasteiger partial charge is 0.486 e. The molecule has 0 unspecified atom stereocenters. The monoisotopic (exact) mass is 192 g/mol. The van der Waals surface area contributed by atoms with Crippen molar-refractivity contribution < 1.29 is 14.3 Å². The van der Waals surface area contributed by atoms with E-state index in [-0.39, 0.29) is 5.78 Å². The van der Waals surface area contributed by atoms with Crippen LogP contribution in [0.1, 0.15) is 12.5 Å². The maximum Gasteiger partial charge on any atom is 0.164 e. The molecule has 3 heteroatoms. The van der Waals surface area contributed by atoms with Crippen LogP contribution in [0.5, 0.6) is 11.5 Å². The van der Waals surface area contributed by atoms with Gasteiger partial charge in [0.25, 0.3) is 0 Å². The van der Waals surface area contributed by atoms with Gasteiger partial charge in [0.1, 0.15) is 19.0 Å². The van der Waals surface area contributed by atoms with Gasteiger partial charge in [-0.15, -0.1) is 0 Å². The predicted molar refractivity (Wildman–Crippen MR) is 51.8 cm³/mol. The van der Waals surface area contributed by atoms with E-state index in [1.54, 1.807) is 6.92 Å². The maximum absolute atomic E-state index is 11.0. The number of carbonyl (C=O) groups is 1. The number of ketones is 1. The van der Waals surface area contributed by atoms with Crippen molar-refractivity contribution in [3.8, 4) is 11.5 Å². The van der Waals surface area contributed by atoms with Gasteiger partial charge >= 0.3 is 0 Å². The minimum absolute atomic E-state index is 0.132. The van der Waals surface area contributed by atoms with E-state index < -0.39 is 0 Å². The average molecular weight is 192 g/mol. The fourth-order valence-corrected chi connectivity index (χ4v) is 1.54. The number of benzene rings is 1. The molecule has 0 N–H and O–H groups in total. The maximum atomic E-state index is 11.0. The van der Waals surface area contributed by atoms with Gasteiger partial charge in [-0.1, -0.05) is 12.1 Å². The second-order valence-corrected chi connectivity index (χ2v) is 3.32. The zero-order valence-electron chi connectivity index (χ0n) is 8.08. The molecule has 1 aliphatic rings. The Bertz CT molecular complexity index is 358. The highest BCUT2D eigenvalue weighted by Crippen LogP contribution is 2.33. The lowest BCUT2D eigenvalue weighted by atomic mass is 10.1. The van der Waals surface area contributed by atoms with Crippen molar-refractivity contribution in [3.05, 3.63) is 23.8 Å². The molecule has 0 radical (unpaired) electrons. The van der Waals surface area contributed by atoms with Gasteiger partial charge in [-0.3, -0.25) is 4.79 Å². The van der Waals surface area contributed by atoms with Crippen molar-refractivity contribution in [1.82, 2.24) is 0 Å². The third-order valence-electron chi connectivity index (χ3n) is 2.09. The van der Waals surface area contributed by atoms with Gasteiger partial charge in [-0.2, -0.15) is 0 Å². The summed E-state index contributed by atoms with van der Waals surface area (Å²) >= 11 is 0. The smallest absolute Gasteiger partial charge is 0.164 e. The Labute approximate surface area is 82.6 Å². The topological polar surface area (TPSA) is 35.5 Å². The first-order chi connectivity index (χ1) is 6.77. The third kappa shape index (κ3) is 1.71. The van der Waals surface area contributed by atoms with Crippen LogP contribution in [0.15, 0.2) is 18.2 Å². The second-order valence-electron chi connectivity index (χ2n) is 3.32. The molecule has 0 amide bonds. The molecule has 74 valence electrons. The van der Waals surface area contributed by atoms with Crippen LogP contribution in [0.3, 0.4) is 0 Å². The van der Waals surface area contributed by atoms with Crippen LogP contribution in [0.4, 0.5) is 0 Å². The molecule has 0 spiro atoms. The molecule has 0 saturated carbocycles. The highest BCUT2D eigenvalue weighted by Gasteiger charge is 2.15. The molecule has 14 heavy (non-hydrogen) atoms. The Morgan fingerprint density at radius 3 is 2.93 bits per heavy atom. The lowest BCUT2D eigenvalue weighted by Gasteiger charge is -2.20. The van der Waals surface area contributed by atoms with Crippen molar-refractivity contribution in [2.45, 2.75) is 13.3 Å². The first-order valence-corrected chi connectivity index (χ1v) is 4.64. The minimum Gasteiger partial charge on any atom is -0.486 e. The molecule has 0 aromatic heterocycles. The summed E-state index contributed by atoms with van der Waals surface area (Å²) in [4.78, 5) is 11.0. The number of hydrogen-bond acceptors (Lipinski definition) is 3. The van der Waals surface area contributed by atoms with Crippen LogP contribution in [-0.4, -0.2) is 19.0 Å². The molecule has 1 aliphatic heterocycles. The fraction of sp³-hybridized carbons (Fsp3) is 0.364. The number of hydrogen-bond donors (Lipinski definition) is 0. The summed E-state index contributed by atoms with van der Waals surface area (Å²) in [7, 11) is 0. The van der Waals surface area contributed by atoms with Crippen LogP contribution in [-0.2, 0) is 11.2 Å². The van der Waals surface area contributed by atoms with Gasteiger partial charge in [0.15, 0.2) is 11.5 Å². The van der Waals surface area contributed by atoms with Crippen LogP contribution in [0.2, 0.25) is 0 Å².